The van der Waals surface area contributed by atoms with Gasteiger partial charge in [0.25, 0.3) is 5.91 Å². The lowest BCUT2D eigenvalue weighted by molar-refractivity contribution is -0.00138. The van der Waals surface area contributed by atoms with Gasteiger partial charge in [0, 0.05) is 5.54 Å². The molecule has 3 aliphatic heterocycles. The van der Waals surface area contributed by atoms with Crippen LogP contribution in [0.25, 0.3) is 10.1 Å². The van der Waals surface area contributed by atoms with Gasteiger partial charge in [-0.2, -0.15) is 0 Å². The molecule has 1 atom stereocenters. The van der Waals surface area contributed by atoms with E-state index >= 15 is 0 Å². The minimum Gasteiger partial charge on any atom is -0.489 e. The third-order valence-corrected chi connectivity index (χ3v) is 7.52. The minimum atomic E-state index is -0.373. The van der Waals surface area contributed by atoms with Gasteiger partial charge in [-0.3, -0.25) is 9.69 Å². The highest BCUT2D eigenvalue weighted by Crippen LogP contribution is 2.53. The fourth-order valence-corrected chi connectivity index (χ4v) is 6.03. The van der Waals surface area contributed by atoms with Crippen molar-refractivity contribution in [2.45, 2.75) is 44.2 Å². The molecule has 3 saturated heterocycles. The Morgan fingerprint density at radius 1 is 1.38 bits per heavy atom. The van der Waals surface area contributed by atoms with Gasteiger partial charge in [0.15, 0.2) is 11.6 Å². The molecule has 1 aliphatic carbocycles. The van der Waals surface area contributed by atoms with Crippen molar-refractivity contribution in [2.75, 3.05) is 19.7 Å². The van der Waals surface area contributed by atoms with E-state index in [4.69, 9.17) is 4.74 Å². The number of benzene rings is 1. The van der Waals surface area contributed by atoms with Crippen LogP contribution in [0.1, 0.15) is 42.3 Å². The van der Waals surface area contributed by atoms with Gasteiger partial charge in [0.1, 0.15) is 0 Å². The number of nitrogens with zero attached hydrogens (tertiary/aromatic N) is 1. The van der Waals surface area contributed by atoms with E-state index in [-0.39, 0.29) is 29.1 Å². The lowest BCUT2D eigenvalue weighted by Crippen LogP contribution is -2.65. The van der Waals surface area contributed by atoms with Crippen LogP contribution in [0.5, 0.6) is 5.75 Å². The second-order valence-electron chi connectivity index (χ2n) is 7.72. The second kappa shape index (κ2) is 5.92. The highest BCUT2D eigenvalue weighted by molar-refractivity contribution is 7.21. The predicted molar refractivity (Wildman–Crippen MR) is 100 cm³/mol. The molecule has 1 aromatic carbocycles. The number of hydrogen-bond donors (Lipinski definition) is 1. The van der Waals surface area contributed by atoms with Gasteiger partial charge >= 0.3 is 0 Å². The van der Waals surface area contributed by atoms with Gasteiger partial charge in [0.05, 0.1) is 22.2 Å². The summed E-state index contributed by atoms with van der Waals surface area (Å²) in [7, 11) is 0. The number of piperidine rings is 3. The van der Waals surface area contributed by atoms with Crippen LogP contribution in [0, 0.1) is 11.7 Å². The molecule has 4 aliphatic rings. The molecule has 4 nitrogen and oxygen atoms in total. The smallest absolute Gasteiger partial charge is 0.261 e. The van der Waals surface area contributed by atoms with Crippen molar-refractivity contribution in [3.05, 3.63) is 28.9 Å². The number of ether oxygens (including phenoxy) is 1. The summed E-state index contributed by atoms with van der Waals surface area (Å²) in [4.78, 5) is 16.2. The van der Waals surface area contributed by atoms with Crippen LogP contribution in [0.4, 0.5) is 4.39 Å². The standard InChI is InChI=1S/C20H23FN2O2S/c1-2-25-16-14(21)4-3-13-11-15(26-17(13)16)19(24)22-18-12-5-9-23(10-6-12)20(18)7-8-20/h3-4,11-12,18H,2,5-10H2,1H3,(H,22,24)/t18-/m1/s1. The zero-order chi connectivity index (χ0) is 17.9. The van der Waals surface area contributed by atoms with Crippen molar-refractivity contribution in [1.29, 1.82) is 0 Å². The van der Waals surface area contributed by atoms with E-state index in [1.807, 2.05) is 13.0 Å². The molecule has 4 fully saturated rings. The quantitative estimate of drug-likeness (QED) is 0.885. The van der Waals surface area contributed by atoms with Crippen molar-refractivity contribution < 1.29 is 13.9 Å². The predicted octanol–water partition coefficient (Wildman–Crippen LogP) is 3.80. The third kappa shape index (κ3) is 2.38. The number of carbonyl (C=O) groups is 1. The SMILES string of the molecule is CCOc1c(F)ccc2cc(C(=O)N[C@@H]3C4CCN(CC4)C34CC4)sc12. The first-order valence-corrected chi connectivity index (χ1v) is 10.3. The molecule has 2 aromatic rings. The van der Waals surface area contributed by atoms with Crippen molar-refractivity contribution >= 4 is 27.3 Å². The van der Waals surface area contributed by atoms with E-state index in [0.717, 1.165) is 5.39 Å². The van der Waals surface area contributed by atoms with E-state index < -0.39 is 0 Å². The van der Waals surface area contributed by atoms with E-state index in [9.17, 15) is 9.18 Å². The lowest BCUT2D eigenvalue weighted by atomic mass is 9.77. The van der Waals surface area contributed by atoms with Gasteiger partial charge in [0.2, 0.25) is 0 Å². The first-order chi connectivity index (χ1) is 12.6. The Hall–Kier alpha value is -1.66. The number of carbonyl (C=O) groups excluding carboxylic acids is 1. The molecule has 0 radical (unpaired) electrons. The van der Waals surface area contributed by atoms with E-state index in [1.54, 1.807) is 6.07 Å². The van der Waals surface area contributed by atoms with Gasteiger partial charge in [-0.25, -0.2) is 4.39 Å². The summed E-state index contributed by atoms with van der Waals surface area (Å²) in [5, 5.41) is 4.20. The Morgan fingerprint density at radius 3 is 2.85 bits per heavy atom. The fraction of sp³-hybridized carbons (Fsp3) is 0.550. The molecular weight excluding hydrogens is 351 g/mol. The second-order valence-corrected chi connectivity index (χ2v) is 8.77. The van der Waals surface area contributed by atoms with E-state index in [2.05, 4.69) is 10.2 Å². The van der Waals surface area contributed by atoms with Crippen molar-refractivity contribution in [2.24, 2.45) is 5.92 Å². The van der Waals surface area contributed by atoms with Crippen molar-refractivity contribution in [1.82, 2.24) is 10.2 Å². The Kier molecular flexibility index (Phi) is 3.76. The molecule has 1 amide bonds. The Labute approximate surface area is 156 Å². The number of hydrogen-bond acceptors (Lipinski definition) is 4. The molecule has 6 rings (SSSR count). The van der Waals surface area contributed by atoms with E-state index in [0.29, 0.717) is 22.1 Å². The van der Waals surface area contributed by atoms with Gasteiger partial charge in [-0.05, 0) is 69.1 Å². The maximum Gasteiger partial charge on any atom is 0.261 e. The molecule has 26 heavy (non-hydrogen) atoms. The summed E-state index contributed by atoms with van der Waals surface area (Å²) in [6, 6.07) is 5.25. The third-order valence-electron chi connectivity index (χ3n) is 6.37. The number of fused-ring (bicyclic) bond motifs is 3. The molecule has 1 spiro atoms. The molecule has 2 bridgehead atoms. The highest BCUT2D eigenvalue weighted by Gasteiger charge is 2.60. The monoisotopic (exact) mass is 374 g/mol. The molecule has 138 valence electrons. The maximum absolute atomic E-state index is 14.1. The summed E-state index contributed by atoms with van der Waals surface area (Å²) in [5.74, 6) is 0.453. The molecule has 0 unspecified atom stereocenters. The molecule has 1 N–H and O–H groups in total. The minimum absolute atomic E-state index is 0.0286. The van der Waals surface area contributed by atoms with Crippen LogP contribution in [-0.4, -0.2) is 42.1 Å². The molecule has 1 aromatic heterocycles. The molecular formula is C20H23FN2O2S. The molecule has 1 saturated carbocycles. The normalized spacial score (nSPS) is 28.5. The van der Waals surface area contributed by atoms with Crippen LogP contribution in [0.15, 0.2) is 18.2 Å². The summed E-state index contributed by atoms with van der Waals surface area (Å²) in [5.41, 5.74) is 0.218. The zero-order valence-electron chi connectivity index (χ0n) is 14.9. The van der Waals surface area contributed by atoms with Crippen LogP contribution >= 0.6 is 11.3 Å². The summed E-state index contributed by atoms with van der Waals surface area (Å²) in [6.07, 6.45) is 4.75. The van der Waals surface area contributed by atoms with Crippen LogP contribution in [0.3, 0.4) is 0 Å². The lowest BCUT2D eigenvalue weighted by Gasteiger charge is -2.52. The largest absolute Gasteiger partial charge is 0.489 e. The van der Waals surface area contributed by atoms with Crippen LogP contribution < -0.4 is 10.1 Å². The average Bonchev–Trinajstić information content (AvgIpc) is 3.30. The Bertz CT molecular complexity index is 868. The first-order valence-electron chi connectivity index (χ1n) is 9.53. The number of rotatable bonds is 4. The number of halogens is 1. The first kappa shape index (κ1) is 16.5. The molecule has 4 heterocycles. The van der Waals surface area contributed by atoms with Crippen molar-refractivity contribution in [3.63, 3.8) is 0 Å². The summed E-state index contributed by atoms with van der Waals surface area (Å²) in [6.45, 7) is 4.59. The van der Waals surface area contributed by atoms with Gasteiger partial charge < -0.3 is 10.1 Å². The molecule has 6 heteroatoms. The summed E-state index contributed by atoms with van der Waals surface area (Å²) >= 11 is 1.32. The Morgan fingerprint density at radius 2 is 2.15 bits per heavy atom. The average molecular weight is 374 g/mol. The van der Waals surface area contributed by atoms with Gasteiger partial charge in [-0.1, -0.05) is 6.07 Å². The highest BCUT2D eigenvalue weighted by atomic mass is 32.1. The number of thiophene rings is 1. The topological polar surface area (TPSA) is 41.6 Å². The maximum atomic E-state index is 14.1. The van der Waals surface area contributed by atoms with Crippen LogP contribution in [-0.2, 0) is 0 Å². The zero-order valence-corrected chi connectivity index (χ0v) is 15.7. The van der Waals surface area contributed by atoms with Gasteiger partial charge in [-0.15, -0.1) is 11.3 Å². The number of amides is 1. The number of nitrogens with one attached hydrogen (secondary N) is 1. The summed E-state index contributed by atoms with van der Waals surface area (Å²) < 4.78 is 20.3. The van der Waals surface area contributed by atoms with E-state index in [1.165, 1.54) is 56.2 Å². The van der Waals surface area contributed by atoms with Crippen molar-refractivity contribution in [3.8, 4) is 5.75 Å². The Balaban J connectivity index is 1.43. The van der Waals surface area contributed by atoms with Crippen LogP contribution in [0.2, 0.25) is 0 Å². The fourth-order valence-electron chi connectivity index (χ4n) is 4.98.